The Balaban J connectivity index is 2.60. The molecule has 1 amide bonds. The van der Waals surface area contributed by atoms with Gasteiger partial charge < -0.3 is 15.5 Å². The molecule has 0 bridgehead atoms. The van der Waals surface area contributed by atoms with Crippen molar-refractivity contribution in [2.24, 2.45) is 0 Å². The zero-order chi connectivity index (χ0) is 13.4. The molecule has 0 radical (unpaired) electrons. The number of anilines is 1. The van der Waals surface area contributed by atoms with Gasteiger partial charge in [0, 0.05) is 18.8 Å². The summed E-state index contributed by atoms with van der Waals surface area (Å²) in [7, 11) is 4.01. The van der Waals surface area contributed by atoms with Crippen LogP contribution in [0.5, 0.6) is 0 Å². The van der Waals surface area contributed by atoms with Crippen LogP contribution in [0, 0.1) is 0 Å². The molecule has 0 aliphatic heterocycles. The maximum atomic E-state index is 11.7. The summed E-state index contributed by atoms with van der Waals surface area (Å²) in [6.45, 7) is 5.32. The lowest BCUT2D eigenvalue weighted by molar-refractivity contribution is -0.115. The van der Waals surface area contributed by atoms with Crippen molar-refractivity contribution in [2.75, 3.05) is 32.5 Å². The normalized spacial score (nSPS) is 10.4. The maximum Gasteiger partial charge on any atom is 0.238 e. The molecule has 4 heteroatoms. The molecule has 0 atom stereocenters. The molecule has 1 aromatic carbocycles. The molecule has 2 N–H and O–H groups in total. The fourth-order valence-electron chi connectivity index (χ4n) is 1.60. The summed E-state index contributed by atoms with van der Waals surface area (Å²) in [5.41, 5.74) is 1.98. The van der Waals surface area contributed by atoms with E-state index in [-0.39, 0.29) is 5.91 Å². The molecular formula is C14H21N3O. The van der Waals surface area contributed by atoms with Gasteiger partial charge in [0.1, 0.15) is 0 Å². The third kappa shape index (κ3) is 5.12. The van der Waals surface area contributed by atoms with E-state index in [2.05, 4.69) is 22.1 Å². The van der Waals surface area contributed by atoms with Crippen LogP contribution in [0.15, 0.2) is 36.9 Å². The van der Waals surface area contributed by atoms with Crippen molar-refractivity contribution in [1.29, 1.82) is 0 Å². The van der Waals surface area contributed by atoms with E-state index in [4.69, 9.17) is 0 Å². The van der Waals surface area contributed by atoms with Gasteiger partial charge in [0.15, 0.2) is 0 Å². The van der Waals surface area contributed by atoms with Gasteiger partial charge in [-0.2, -0.15) is 0 Å². The van der Waals surface area contributed by atoms with E-state index < -0.39 is 0 Å². The molecule has 98 valence electrons. The molecule has 4 nitrogen and oxygen atoms in total. The molecule has 0 unspecified atom stereocenters. The molecule has 0 heterocycles. The van der Waals surface area contributed by atoms with Crippen LogP contribution in [0.4, 0.5) is 5.69 Å². The molecular weight excluding hydrogens is 226 g/mol. The van der Waals surface area contributed by atoms with Crippen molar-refractivity contribution >= 4 is 11.6 Å². The lowest BCUT2D eigenvalue weighted by Crippen LogP contribution is -2.28. The van der Waals surface area contributed by atoms with E-state index in [1.54, 1.807) is 6.08 Å². The van der Waals surface area contributed by atoms with Crippen molar-refractivity contribution in [3.63, 3.8) is 0 Å². The number of benzene rings is 1. The number of nitrogens with zero attached hydrogens (tertiary/aromatic N) is 1. The second-order valence-electron chi connectivity index (χ2n) is 4.36. The van der Waals surface area contributed by atoms with Gasteiger partial charge in [0.2, 0.25) is 5.91 Å². The topological polar surface area (TPSA) is 44.4 Å². The highest BCUT2D eigenvalue weighted by Gasteiger charge is 2.06. The first kappa shape index (κ1) is 14.4. The summed E-state index contributed by atoms with van der Waals surface area (Å²) in [4.78, 5) is 13.8. The van der Waals surface area contributed by atoms with E-state index in [9.17, 15) is 4.79 Å². The summed E-state index contributed by atoms with van der Waals surface area (Å²) < 4.78 is 0. The number of amides is 1. The molecule has 1 rings (SSSR count). The van der Waals surface area contributed by atoms with Crippen molar-refractivity contribution < 1.29 is 4.79 Å². The zero-order valence-corrected chi connectivity index (χ0v) is 11.1. The first-order chi connectivity index (χ1) is 8.63. The molecule has 0 aromatic heterocycles. The number of para-hydroxylation sites is 1. The van der Waals surface area contributed by atoms with Gasteiger partial charge in [-0.15, -0.1) is 6.58 Å². The molecule has 0 spiro atoms. The molecule has 0 aliphatic rings. The summed E-state index contributed by atoms with van der Waals surface area (Å²) in [6, 6.07) is 7.84. The minimum Gasteiger partial charge on any atom is -0.325 e. The smallest absolute Gasteiger partial charge is 0.238 e. The van der Waals surface area contributed by atoms with E-state index in [1.807, 2.05) is 38.4 Å². The minimum absolute atomic E-state index is 0.0388. The van der Waals surface area contributed by atoms with Crippen LogP contribution >= 0.6 is 0 Å². The van der Waals surface area contributed by atoms with Crippen LogP contribution in [-0.4, -0.2) is 38.0 Å². The zero-order valence-electron chi connectivity index (χ0n) is 11.1. The first-order valence-corrected chi connectivity index (χ1v) is 5.97. The molecule has 0 aliphatic carbocycles. The van der Waals surface area contributed by atoms with Gasteiger partial charge in [0.05, 0.1) is 6.54 Å². The van der Waals surface area contributed by atoms with Crippen molar-refractivity contribution in [2.45, 2.75) is 6.54 Å². The van der Waals surface area contributed by atoms with Gasteiger partial charge in [-0.3, -0.25) is 4.79 Å². The molecule has 0 saturated carbocycles. The van der Waals surface area contributed by atoms with E-state index in [1.165, 1.54) is 0 Å². The predicted octanol–water partition coefficient (Wildman–Crippen LogP) is 1.46. The van der Waals surface area contributed by atoms with Crippen LogP contribution in [-0.2, 0) is 11.3 Å². The Morgan fingerprint density at radius 3 is 2.78 bits per heavy atom. The van der Waals surface area contributed by atoms with E-state index >= 15 is 0 Å². The number of carbonyl (C=O) groups is 1. The van der Waals surface area contributed by atoms with Gasteiger partial charge in [0.25, 0.3) is 0 Å². The van der Waals surface area contributed by atoms with Gasteiger partial charge in [-0.25, -0.2) is 0 Å². The largest absolute Gasteiger partial charge is 0.325 e. The number of hydrogen-bond acceptors (Lipinski definition) is 3. The van der Waals surface area contributed by atoms with E-state index in [0.717, 1.165) is 17.8 Å². The van der Waals surface area contributed by atoms with Crippen LogP contribution in [0.1, 0.15) is 5.56 Å². The average Bonchev–Trinajstić information content (AvgIpc) is 2.31. The maximum absolute atomic E-state index is 11.7. The Kier molecular flexibility index (Phi) is 6.11. The standard InChI is InChI=1S/C14H21N3O/c1-4-9-15-10-14(18)16-13-8-6-5-7-12(13)11-17(2)3/h4-8,15H,1,9-11H2,2-3H3,(H,16,18). The number of rotatable bonds is 7. The summed E-state index contributed by atoms with van der Waals surface area (Å²) >= 11 is 0. The monoisotopic (exact) mass is 247 g/mol. The summed E-state index contributed by atoms with van der Waals surface area (Å²) in [6.07, 6.45) is 1.73. The molecule has 18 heavy (non-hydrogen) atoms. The Morgan fingerprint density at radius 2 is 2.11 bits per heavy atom. The fourth-order valence-corrected chi connectivity index (χ4v) is 1.60. The molecule has 0 fully saturated rings. The lowest BCUT2D eigenvalue weighted by Gasteiger charge is -2.14. The number of nitrogens with one attached hydrogen (secondary N) is 2. The third-order valence-electron chi connectivity index (χ3n) is 2.35. The van der Waals surface area contributed by atoms with Crippen LogP contribution < -0.4 is 10.6 Å². The molecule has 1 aromatic rings. The SMILES string of the molecule is C=CCNCC(=O)Nc1ccccc1CN(C)C. The number of carbonyl (C=O) groups excluding carboxylic acids is 1. The highest BCUT2D eigenvalue weighted by molar-refractivity contribution is 5.92. The first-order valence-electron chi connectivity index (χ1n) is 5.97. The highest BCUT2D eigenvalue weighted by atomic mass is 16.1. The fraction of sp³-hybridized carbons (Fsp3) is 0.357. The Labute approximate surface area is 109 Å². The quantitative estimate of drug-likeness (QED) is 0.566. The third-order valence-corrected chi connectivity index (χ3v) is 2.35. The lowest BCUT2D eigenvalue weighted by atomic mass is 10.1. The number of hydrogen-bond donors (Lipinski definition) is 2. The van der Waals surface area contributed by atoms with Gasteiger partial charge in [-0.1, -0.05) is 24.3 Å². The van der Waals surface area contributed by atoms with Crippen LogP contribution in [0.2, 0.25) is 0 Å². The van der Waals surface area contributed by atoms with Crippen LogP contribution in [0.3, 0.4) is 0 Å². The second-order valence-corrected chi connectivity index (χ2v) is 4.36. The Hall–Kier alpha value is -1.65. The molecule has 0 saturated heterocycles. The minimum atomic E-state index is -0.0388. The van der Waals surface area contributed by atoms with E-state index in [0.29, 0.717) is 13.1 Å². The van der Waals surface area contributed by atoms with Crippen LogP contribution in [0.25, 0.3) is 0 Å². The second kappa shape index (κ2) is 7.63. The average molecular weight is 247 g/mol. The van der Waals surface area contributed by atoms with Gasteiger partial charge in [-0.05, 0) is 25.7 Å². The van der Waals surface area contributed by atoms with Gasteiger partial charge >= 0.3 is 0 Å². The summed E-state index contributed by atoms with van der Waals surface area (Å²) in [5.74, 6) is -0.0388. The Bertz CT molecular complexity index is 402. The predicted molar refractivity (Wildman–Crippen MR) is 75.5 cm³/mol. The Morgan fingerprint density at radius 1 is 1.39 bits per heavy atom. The van der Waals surface area contributed by atoms with Crippen molar-refractivity contribution in [1.82, 2.24) is 10.2 Å². The summed E-state index contributed by atoms with van der Waals surface area (Å²) in [5, 5.41) is 5.89. The van der Waals surface area contributed by atoms with Crippen molar-refractivity contribution in [3.8, 4) is 0 Å². The van der Waals surface area contributed by atoms with Crippen molar-refractivity contribution in [3.05, 3.63) is 42.5 Å². The highest BCUT2D eigenvalue weighted by Crippen LogP contribution is 2.15.